The van der Waals surface area contributed by atoms with Crippen LogP contribution in [0.4, 0.5) is 0 Å². The summed E-state index contributed by atoms with van der Waals surface area (Å²) >= 11 is 0. The summed E-state index contributed by atoms with van der Waals surface area (Å²) in [6, 6.07) is 10.5. The first-order valence-corrected chi connectivity index (χ1v) is 9.44. The number of amides is 1. The first-order valence-electron chi connectivity index (χ1n) is 9.44. The van der Waals surface area contributed by atoms with Gasteiger partial charge in [-0.15, -0.1) is 0 Å². The van der Waals surface area contributed by atoms with Crippen LogP contribution >= 0.6 is 0 Å². The van der Waals surface area contributed by atoms with Gasteiger partial charge >= 0.3 is 0 Å². The van der Waals surface area contributed by atoms with E-state index in [-0.39, 0.29) is 5.91 Å². The maximum Gasteiger partial charge on any atom is 0.255 e. The van der Waals surface area contributed by atoms with Gasteiger partial charge in [0.1, 0.15) is 5.75 Å². The number of nitrogens with one attached hydrogen (secondary N) is 1. The topological polar surface area (TPSA) is 48.6 Å². The van der Waals surface area contributed by atoms with E-state index in [0.29, 0.717) is 12.0 Å². The number of rotatable bonds is 4. The number of hydrogen-bond donors (Lipinski definition) is 1. The van der Waals surface area contributed by atoms with Crippen molar-refractivity contribution in [2.24, 2.45) is 5.92 Å². The van der Waals surface area contributed by atoms with Crippen molar-refractivity contribution in [2.75, 3.05) is 26.7 Å². The zero-order valence-corrected chi connectivity index (χ0v) is 15.6. The fraction of sp³-hybridized carbons (Fsp3) is 0.476. The molecule has 1 amide bonds. The summed E-state index contributed by atoms with van der Waals surface area (Å²) in [6.07, 6.45) is 4.19. The van der Waals surface area contributed by atoms with E-state index < -0.39 is 0 Å². The molecule has 0 saturated carbocycles. The Morgan fingerprint density at radius 3 is 2.65 bits per heavy atom. The first kappa shape index (κ1) is 17.2. The molecular weight excluding hydrogens is 326 g/mol. The van der Waals surface area contributed by atoms with Crippen LogP contribution in [0.2, 0.25) is 0 Å². The van der Waals surface area contributed by atoms with Gasteiger partial charge in [-0.2, -0.15) is 0 Å². The summed E-state index contributed by atoms with van der Waals surface area (Å²) in [4.78, 5) is 20.8. The molecule has 26 heavy (non-hydrogen) atoms. The number of piperidine rings is 1. The number of methoxy groups -OCH3 is 1. The summed E-state index contributed by atoms with van der Waals surface area (Å²) in [5.41, 5.74) is 3.08. The van der Waals surface area contributed by atoms with Crippen molar-refractivity contribution in [1.29, 1.82) is 0 Å². The highest BCUT2D eigenvalue weighted by molar-refractivity contribution is 5.95. The number of nitrogens with zero attached hydrogens (tertiary/aromatic N) is 2. The SMILES string of the molecule is COc1ccc(CN2C[C@@H]3CC[C@H](C2)N(C(=O)c2cc[nH]c2C)C3)cc1. The average Bonchev–Trinajstić information content (AvgIpc) is 2.89. The number of fused-ring (bicyclic) bond motifs is 4. The maximum atomic E-state index is 13.0. The number of benzene rings is 1. The number of carbonyl (C=O) groups excluding carboxylic acids is 1. The lowest BCUT2D eigenvalue weighted by Crippen LogP contribution is -2.47. The van der Waals surface area contributed by atoms with Crippen LogP contribution in [0.3, 0.4) is 0 Å². The van der Waals surface area contributed by atoms with Crippen molar-refractivity contribution in [1.82, 2.24) is 14.8 Å². The number of aromatic nitrogens is 1. The lowest BCUT2D eigenvalue weighted by atomic mass is 9.94. The molecule has 0 spiro atoms. The van der Waals surface area contributed by atoms with E-state index in [1.54, 1.807) is 7.11 Å². The van der Waals surface area contributed by atoms with Gasteiger partial charge in [0.25, 0.3) is 5.91 Å². The predicted octanol–water partition coefficient (Wildman–Crippen LogP) is 3.07. The zero-order valence-electron chi connectivity index (χ0n) is 15.6. The Kier molecular flexibility index (Phi) is 4.72. The average molecular weight is 353 g/mol. The van der Waals surface area contributed by atoms with Crippen LogP contribution in [-0.4, -0.2) is 53.5 Å². The van der Waals surface area contributed by atoms with Crippen LogP contribution in [0, 0.1) is 12.8 Å². The van der Waals surface area contributed by atoms with Gasteiger partial charge < -0.3 is 14.6 Å². The van der Waals surface area contributed by atoms with Gasteiger partial charge in [0, 0.05) is 44.1 Å². The molecule has 5 nitrogen and oxygen atoms in total. The fourth-order valence-electron chi connectivity index (χ4n) is 4.39. The molecule has 2 atom stereocenters. The molecule has 2 bridgehead atoms. The van der Waals surface area contributed by atoms with Crippen LogP contribution in [0.25, 0.3) is 0 Å². The van der Waals surface area contributed by atoms with Crippen LogP contribution in [0.1, 0.15) is 34.5 Å². The summed E-state index contributed by atoms with van der Waals surface area (Å²) in [7, 11) is 1.69. The minimum absolute atomic E-state index is 0.185. The third-order valence-electron chi connectivity index (χ3n) is 5.80. The van der Waals surface area contributed by atoms with E-state index >= 15 is 0 Å². The third-order valence-corrected chi connectivity index (χ3v) is 5.80. The molecule has 3 aliphatic rings. The molecule has 3 aliphatic heterocycles. The zero-order chi connectivity index (χ0) is 18.1. The van der Waals surface area contributed by atoms with Crippen LogP contribution in [-0.2, 0) is 6.54 Å². The number of aryl methyl sites for hydroxylation is 1. The van der Waals surface area contributed by atoms with Gasteiger partial charge in [-0.3, -0.25) is 9.69 Å². The number of hydrogen-bond acceptors (Lipinski definition) is 3. The number of H-pyrrole nitrogens is 1. The Balaban J connectivity index is 1.47. The van der Waals surface area contributed by atoms with Gasteiger partial charge in [-0.1, -0.05) is 12.1 Å². The molecule has 0 unspecified atom stereocenters. The highest BCUT2D eigenvalue weighted by Crippen LogP contribution is 2.30. The van der Waals surface area contributed by atoms with Crippen LogP contribution < -0.4 is 4.74 Å². The smallest absolute Gasteiger partial charge is 0.255 e. The molecule has 2 aromatic rings. The van der Waals surface area contributed by atoms with E-state index in [0.717, 1.165) is 49.6 Å². The Morgan fingerprint density at radius 1 is 1.15 bits per heavy atom. The standard InChI is InChI=1S/C21H27N3O2/c1-15-20(9-10-22-15)21(25)24-13-17-3-6-18(24)14-23(12-17)11-16-4-7-19(26-2)8-5-16/h4-5,7-10,17-18,22H,3,6,11-14H2,1-2H3/t17-,18+/m0/s1. The molecule has 5 heteroatoms. The van der Waals surface area contributed by atoms with Gasteiger partial charge in [0.2, 0.25) is 0 Å². The molecule has 0 aliphatic carbocycles. The highest BCUT2D eigenvalue weighted by Gasteiger charge is 2.37. The molecular formula is C21H27N3O2. The number of ether oxygens (including phenoxy) is 1. The Labute approximate surface area is 154 Å². The minimum atomic E-state index is 0.185. The summed E-state index contributed by atoms with van der Waals surface area (Å²) in [5.74, 6) is 1.64. The molecule has 3 fully saturated rings. The molecule has 3 saturated heterocycles. The molecule has 4 heterocycles. The quantitative estimate of drug-likeness (QED) is 0.919. The maximum absolute atomic E-state index is 13.0. The number of carbonyl (C=O) groups is 1. The molecule has 0 radical (unpaired) electrons. The molecule has 138 valence electrons. The van der Waals surface area contributed by atoms with E-state index in [1.165, 1.54) is 12.0 Å². The molecule has 5 rings (SSSR count). The summed E-state index contributed by atoms with van der Waals surface area (Å²) in [5, 5.41) is 0. The van der Waals surface area contributed by atoms with E-state index in [1.807, 2.05) is 31.3 Å². The third kappa shape index (κ3) is 3.36. The second kappa shape index (κ2) is 7.16. The van der Waals surface area contributed by atoms with Crippen molar-refractivity contribution in [3.63, 3.8) is 0 Å². The van der Waals surface area contributed by atoms with Gasteiger partial charge in [0.15, 0.2) is 0 Å². The van der Waals surface area contributed by atoms with Crippen molar-refractivity contribution in [3.05, 3.63) is 53.3 Å². The van der Waals surface area contributed by atoms with E-state index in [2.05, 4.69) is 26.9 Å². The van der Waals surface area contributed by atoms with Gasteiger partial charge in [-0.05, 0) is 49.4 Å². The molecule has 1 N–H and O–H groups in total. The Bertz CT molecular complexity index is 768. The lowest BCUT2D eigenvalue weighted by molar-refractivity contribution is 0.0584. The van der Waals surface area contributed by atoms with Gasteiger partial charge in [0.05, 0.1) is 12.7 Å². The van der Waals surface area contributed by atoms with E-state index in [4.69, 9.17) is 4.74 Å². The second-order valence-corrected chi connectivity index (χ2v) is 7.61. The highest BCUT2D eigenvalue weighted by atomic mass is 16.5. The number of aromatic amines is 1. The summed E-state index contributed by atoms with van der Waals surface area (Å²) < 4.78 is 5.25. The van der Waals surface area contributed by atoms with E-state index in [9.17, 15) is 4.79 Å². The predicted molar refractivity (Wildman–Crippen MR) is 101 cm³/mol. The van der Waals surface area contributed by atoms with Crippen molar-refractivity contribution >= 4 is 5.91 Å². The Hall–Kier alpha value is -2.27. The van der Waals surface area contributed by atoms with Crippen molar-refractivity contribution in [2.45, 2.75) is 32.4 Å². The summed E-state index contributed by atoms with van der Waals surface area (Å²) in [6.45, 7) is 5.81. The largest absolute Gasteiger partial charge is 0.497 e. The molecule has 1 aromatic carbocycles. The van der Waals surface area contributed by atoms with Crippen molar-refractivity contribution in [3.8, 4) is 5.75 Å². The minimum Gasteiger partial charge on any atom is -0.497 e. The van der Waals surface area contributed by atoms with Crippen LogP contribution in [0.15, 0.2) is 36.5 Å². The van der Waals surface area contributed by atoms with Crippen LogP contribution in [0.5, 0.6) is 5.75 Å². The second-order valence-electron chi connectivity index (χ2n) is 7.61. The lowest BCUT2D eigenvalue weighted by Gasteiger charge is -2.36. The Morgan fingerprint density at radius 2 is 1.96 bits per heavy atom. The monoisotopic (exact) mass is 353 g/mol. The normalized spacial score (nSPS) is 23.1. The fourth-order valence-corrected chi connectivity index (χ4v) is 4.39. The van der Waals surface area contributed by atoms with Crippen molar-refractivity contribution < 1.29 is 9.53 Å². The molecule has 1 aromatic heterocycles. The van der Waals surface area contributed by atoms with Gasteiger partial charge in [-0.25, -0.2) is 0 Å². The first-order chi connectivity index (χ1) is 12.6.